The Labute approximate surface area is 222 Å². The second kappa shape index (κ2) is 16.5. The van der Waals surface area contributed by atoms with Crippen LogP contribution in [0, 0.1) is 10.2 Å². The molecule has 0 amide bonds. The van der Waals surface area contributed by atoms with E-state index in [1.165, 1.54) is 0 Å². The molecule has 0 spiro atoms. The van der Waals surface area contributed by atoms with Crippen molar-refractivity contribution in [3.8, 4) is 17.1 Å². The van der Waals surface area contributed by atoms with Gasteiger partial charge in [0.15, 0.2) is 0 Å². The Bertz CT molecular complexity index is 1120. The summed E-state index contributed by atoms with van der Waals surface area (Å²) in [6.45, 7) is 2.52. The molecule has 3 aromatic heterocycles. The monoisotopic (exact) mass is 557 g/mol. The van der Waals surface area contributed by atoms with Crippen molar-refractivity contribution in [2.75, 3.05) is 6.54 Å². The molecule has 4 aromatic rings. The number of pyridine rings is 3. The molecular weight excluding hydrogens is 535 g/mol. The fourth-order valence-corrected chi connectivity index (χ4v) is 2.76. The minimum absolute atomic E-state index is 0. The first kappa shape index (κ1) is 30.8. The standard InChI is InChI=1S/C15H16N2O.C10H8N2.ClHO4.Cu/c1-12(14-7-2-3-8-15(14)18)16-11-9-13-6-4-5-10-17-13;1-3-7-11-9(5-1)10-6-2-4-8-12-10;2-1(3,4)5;/h2-8,10,18H,9,11H2,1H3;1-8H;(H,2,3,4,5);/q;;;+2/p-2. The van der Waals surface area contributed by atoms with Gasteiger partial charge < -0.3 is 5.11 Å². The maximum atomic E-state index is 11.6. The van der Waals surface area contributed by atoms with Crippen molar-refractivity contribution in [1.29, 1.82) is 0 Å². The summed E-state index contributed by atoms with van der Waals surface area (Å²) in [6.07, 6.45) is 6.10. The van der Waals surface area contributed by atoms with Gasteiger partial charge in [-0.3, -0.25) is 19.9 Å². The quantitative estimate of drug-likeness (QED) is 0.236. The first-order valence-corrected chi connectivity index (χ1v) is 11.6. The summed E-state index contributed by atoms with van der Waals surface area (Å²) in [5.41, 5.74) is 4.32. The molecule has 3 heterocycles. The Morgan fingerprint density at radius 3 is 1.64 bits per heavy atom. The normalized spacial score (nSPS) is 10.6. The molecule has 0 aliphatic heterocycles. The van der Waals surface area contributed by atoms with Crippen LogP contribution in [0.25, 0.3) is 11.4 Å². The van der Waals surface area contributed by atoms with Crippen LogP contribution in [-0.4, -0.2) is 27.2 Å². The van der Waals surface area contributed by atoms with Crippen LogP contribution in [0.1, 0.15) is 18.2 Å². The summed E-state index contributed by atoms with van der Waals surface area (Å²) >= 11 is 0. The first-order chi connectivity index (χ1) is 16.7. The number of para-hydroxylation sites is 1. The molecule has 0 unspecified atom stereocenters. The third kappa shape index (κ3) is 13.0. The number of halogens is 1. The van der Waals surface area contributed by atoms with Crippen LogP contribution in [0.5, 0.6) is 5.75 Å². The van der Waals surface area contributed by atoms with Gasteiger partial charge in [-0.05, 0) is 48.9 Å². The Kier molecular flexibility index (Phi) is 14.1. The van der Waals surface area contributed by atoms with E-state index in [0.29, 0.717) is 12.1 Å². The molecule has 4 rings (SSSR count). The number of rotatable bonds is 5. The molecule has 1 aromatic carbocycles. The van der Waals surface area contributed by atoms with Crippen molar-refractivity contribution >= 4 is 5.71 Å². The maximum absolute atomic E-state index is 11.6. The van der Waals surface area contributed by atoms with Crippen LogP contribution < -0.4 is 23.7 Å². The summed E-state index contributed by atoms with van der Waals surface area (Å²) in [4.78, 5) is 17.0. The smallest absolute Gasteiger partial charge is 0.872 e. The number of hydrogen-bond acceptors (Lipinski definition) is 9. The van der Waals surface area contributed by atoms with E-state index in [1.807, 2.05) is 73.7 Å². The Balaban J connectivity index is 0.000000311. The van der Waals surface area contributed by atoms with Gasteiger partial charge in [-0.15, -0.1) is 10.2 Å². The van der Waals surface area contributed by atoms with Gasteiger partial charge in [-0.1, -0.05) is 48.2 Å². The number of aromatic nitrogens is 3. The zero-order valence-corrected chi connectivity index (χ0v) is 20.9. The Morgan fingerprint density at radius 1 is 0.722 bits per heavy atom. The molecule has 0 N–H and O–H groups in total. The van der Waals surface area contributed by atoms with Crippen LogP contribution in [0.2, 0.25) is 0 Å². The summed E-state index contributed by atoms with van der Waals surface area (Å²) in [6, 6.07) is 24.4. The molecular formula is C25H23ClCuN4O5. The third-order valence-electron chi connectivity index (χ3n) is 4.31. The van der Waals surface area contributed by atoms with E-state index in [-0.39, 0.29) is 22.8 Å². The Morgan fingerprint density at radius 2 is 1.19 bits per heavy atom. The van der Waals surface area contributed by atoms with E-state index in [4.69, 9.17) is 18.6 Å². The van der Waals surface area contributed by atoms with Crippen LogP contribution in [0.15, 0.2) is 102 Å². The molecule has 36 heavy (non-hydrogen) atoms. The van der Waals surface area contributed by atoms with Crippen LogP contribution in [0.4, 0.5) is 0 Å². The van der Waals surface area contributed by atoms with E-state index in [1.54, 1.807) is 30.7 Å². The SMILES string of the molecule is CC(=NCCc1ccccn1)c1ccccc1[O-].[Cu+2].[O-][Cl+3]([O-])([O-])[O-].c1ccc(-c2ccccn2)nc1. The van der Waals surface area contributed by atoms with Crippen LogP contribution in [-0.2, 0) is 23.5 Å². The average Bonchev–Trinajstić information content (AvgIpc) is 2.85. The molecule has 0 fully saturated rings. The predicted octanol–water partition coefficient (Wildman–Crippen LogP) is -0.408. The molecule has 0 saturated heterocycles. The van der Waals surface area contributed by atoms with Gasteiger partial charge in [-0.2, -0.15) is 0 Å². The molecule has 0 aliphatic carbocycles. The van der Waals surface area contributed by atoms with Crippen LogP contribution >= 0.6 is 0 Å². The summed E-state index contributed by atoms with van der Waals surface area (Å²) < 4.78 is 34.0. The van der Waals surface area contributed by atoms with Crippen molar-refractivity contribution in [1.82, 2.24) is 15.0 Å². The van der Waals surface area contributed by atoms with Crippen molar-refractivity contribution in [3.05, 3.63) is 109 Å². The van der Waals surface area contributed by atoms with Crippen molar-refractivity contribution in [3.63, 3.8) is 0 Å². The van der Waals surface area contributed by atoms with Crippen molar-refractivity contribution in [2.45, 2.75) is 13.3 Å². The fraction of sp³-hybridized carbons (Fsp3) is 0.120. The number of nitrogens with zero attached hydrogens (tertiary/aromatic N) is 4. The molecule has 0 bridgehead atoms. The van der Waals surface area contributed by atoms with Gasteiger partial charge in [0.25, 0.3) is 0 Å². The van der Waals surface area contributed by atoms with E-state index < -0.39 is 10.2 Å². The number of hydrogen-bond donors (Lipinski definition) is 0. The van der Waals surface area contributed by atoms with Gasteiger partial charge in [0, 0.05) is 43.0 Å². The number of aliphatic imine (C=N–C) groups is 1. The average molecular weight is 558 g/mol. The molecule has 1 radical (unpaired) electrons. The Hall–Kier alpha value is -3.21. The summed E-state index contributed by atoms with van der Waals surface area (Å²) in [5.74, 6) is 0.0246. The molecule has 0 aliphatic rings. The minimum atomic E-state index is -4.94. The minimum Gasteiger partial charge on any atom is -0.872 e. The third-order valence-corrected chi connectivity index (χ3v) is 4.31. The number of benzene rings is 1. The van der Waals surface area contributed by atoms with E-state index in [9.17, 15) is 5.11 Å². The molecule has 11 heteroatoms. The first-order valence-electron chi connectivity index (χ1n) is 10.4. The van der Waals surface area contributed by atoms with Gasteiger partial charge in [0.1, 0.15) is 0 Å². The van der Waals surface area contributed by atoms with Crippen molar-refractivity contribution in [2.24, 2.45) is 4.99 Å². The topological polar surface area (TPSA) is 166 Å². The second-order valence-electron chi connectivity index (χ2n) is 6.84. The molecule has 0 atom stereocenters. The second-order valence-corrected chi connectivity index (χ2v) is 7.60. The largest absolute Gasteiger partial charge is 2.00 e. The van der Waals surface area contributed by atoms with Crippen molar-refractivity contribution < 1.29 is 51.1 Å². The van der Waals surface area contributed by atoms with Gasteiger partial charge >= 0.3 is 17.1 Å². The van der Waals surface area contributed by atoms with E-state index >= 15 is 0 Å². The zero-order chi connectivity index (χ0) is 25.5. The predicted molar refractivity (Wildman–Crippen MR) is 118 cm³/mol. The molecule has 191 valence electrons. The van der Waals surface area contributed by atoms with Gasteiger partial charge in [-0.25, -0.2) is 18.6 Å². The van der Waals surface area contributed by atoms with Gasteiger partial charge in [0.05, 0.1) is 11.4 Å². The van der Waals surface area contributed by atoms with Gasteiger partial charge in [0.2, 0.25) is 0 Å². The zero-order valence-electron chi connectivity index (χ0n) is 19.2. The van der Waals surface area contributed by atoms with E-state index in [0.717, 1.165) is 29.2 Å². The maximum Gasteiger partial charge on any atom is 2.00 e. The molecule has 0 saturated carbocycles. The molecule has 9 nitrogen and oxygen atoms in total. The summed E-state index contributed by atoms with van der Waals surface area (Å²) in [5, 5.41) is 11.6. The summed E-state index contributed by atoms with van der Waals surface area (Å²) in [7, 11) is -4.94. The van der Waals surface area contributed by atoms with Crippen LogP contribution in [0.3, 0.4) is 0 Å². The fourth-order valence-electron chi connectivity index (χ4n) is 2.76. The van der Waals surface area contributed by atoms with E-state index in [2.05, 4.69) is 19.9 Å².